The smallest absolute Gasteiger partial charge is 0.338 e. The van der Waals surface area contributed by atoms with Crippen LogP contribution in [0, 0.1) is 5.82 Å². The van der Waals surface area contributed by atoms with E-state index in [-0.39, 0.29) is 41.4 Å². The second-order valence-corrected chi connectivity index (χ2v) is 6.70. The molecule has 0 unspecified atom stereocenters. The van der Waals surface area contributed by atoms with Gasteiger partial charge in [0.1, 0.15) is 12.4 Å². The minimum absolute atomic E-state index is 0. The molecule has 3 rings (SSSR count). The molecule has 2 heterocycles. The van der Waals surface area contributed by atoms with Crippen molar-refractivity contribution in [3.05, 3.63) is 40.2 Å². The Morgan fingerprint density at radius 3 is 2.52 bits per heavy atom. The van der Waals surface area contributed by atoms with Crippen molar-refractivity contribution in [2.24, 2.45) is 0 Å². The number of nitrogens with zero attached hydrogens (tertiary/aromatic N) is 4. The lowest BCUT2D eigenvalue weighted by Crippen LogP contribution is -3.00. The molecule has 0 aliphatic heterocycles. The van der Waals surface area contributed by atoms with Crippen LogP contribution in [0.5, 0.6) is 0 Å². The van der Waals surface area contributed by atoms with Crippen molar-refractivity contribution in [1.82, 2.24) is 19.9 Å². The van der Waals surface area contributed by atoms with E-state index in [0.717, 1.165) is 0 Å². The number of amides is 1. The molecule has 0 bridgehead atoms. The Hall–Kier alpha value is -3.18. The summed E-state index contributed by atoms with van der Waals surface area (Å²) in [6.07, 6.45) is 0. The maximum atomic E-state index is 14.3. The first-order valence-electron chi connectivity index (χ1n) is 9.03. The SMILES string of the molecule is CCn1c(CNC(=O)c2nc(Cl)c(N)nc2N)[n+](CC)c2cc(C(=O)O)c(F)cc21.[Cl-]. The molecule has 6 N–H and O–H groups in total. The number of carbonyl (C=O) groups excluding carboxylic acids is 1. The van der Waals surface area contributed by atoms with Crippen LogP contribution in [0.2, 0.25) is 5.15 Å². The maximum Gasteiger partial charge on any atom is 0.338 e. The fourth-order valence-electron chi connectivity index (χ4n) is 3.32. The standard InChI is InChI=1S/C18H19ClFN7O3.ClH/c1-3-26-10-5-8(18(29)30)9(20)6-11(10)27(4-2)12(26)7-23-17(28)13-15(21)25-16(22)14(19)24-13;/h5-6H,3-4,7H2,1-2H3,(H5-,21,22,23,25,28,29,30);1H. The van der Waals surface area contributed by atoms with Crippen molar-refractivity contribution in [2.75, 3.05) is 11.5 Å². The Morgan fingerprint density at radius 2 is 1.94 bits per heavy atom. The summed E-state index contributed by atoms with van der Waals surface area (Å²) in [5.74, 6) is -2.42. The van der Waals surface area contributed by atoms with E-state index in [0.29, 0.717) is 29.9 Å². The number of rotatable bonds is 6. The minimum Gasteiger partial charge on any atom is -1.00 e. The van der Waals surface area contributed by atoms with E-state index in [9.17, 15) is 19.1 Å². The predicted octanol–water partition coefficient (Wildman–Crippen LogP) is -1.65. The summed E-state index contributed by atoms with van der Waals surface area (Å²) in [5, 5.41) is 11.8. The number of nitrogens with two attached hydrogens (primary N) is 2. The zero-order chi connectivity index (χ0) is 22.2. The molecule has 1 amide bonds. The highest BCUT2D eigenvalue weighted by molar-refractivity contribution is 6.31. The number of aromatic carboxylic acids is 1. The maximum absolute atomic E-state index is 14.3. The highest BCUT2D eigenvalue weighted by Crippen LogP contribution is 2.21. The quantitative estimate of drug-likeness (QED) is 0.314. The van der Waals surface area contributed by atoms with Crippen LogP contribution in [0.4, 0.5) is 16.0 Å². The molecule has 31 heavy (non-hydrogen) atoms. The van der Waals surface area contributed by atoms with E-state index in [1.165, 1.54) is 12.1 Å². The number of nitrogens with one attached hydrogen (secondary N) is 1. The Labute approximate surface area is 187 Å². The fourth-order valence-corrected chi connectivity index (χ4v) is 3.45. The third kappa shape index (κ3) is 4.32. The number of carboxylic acids is 1. The van der Waals surface area contributed by atoms with Gasteiger partial charge in [0.25, 0.3) is 11.7 Å². The molecular weight excluding hydrogens is 452 g/mol. The van der Waals surface area contributed by atoms with Gasteiger partial charge in [0.15, 0.2) is 33.5 Å². The second kappa shape index (κ2) is 9.31. The molecular formula is C18H20Cl2FN7O3. The van der Waals surface area contributed by atoms with Gasteiger partial charge in [-0.1, -0.05) is 11.6 Å². The van der Waals surface area contributed by atoms with Crippen molar-refractivity contribution >= 4 is 46.1 Å². The number of aromatic nitrogens is 4. The lowest BCUT2D eigenvalue weighted by molar-refractivity contribution is -0.676. The molecule has 10 nitrogen and oxygen atoms in total. The lowest BCUT2D eigenvalue weighted by atomic mass is 10.2. The number of nitrogen functional groups attached to an aromatic ring is 2. The molecule has 0 saturated heterocycles. The van der Waals surface area contributed by atoms with Gasteiger partial charge in [0.05, 0.1) is 18.7 Å². The molecule has 0 fully saturated rings. The molecule has 0 spiro atoms. The third-order valence-electron chi connectivity index (χ3n) is 4.66. The lowest BCUT2D eigenvalue weighted by Gasteiger charge is -2.08. The highest BCUT2D eigenvalue weighted by atomic mass is 35.5. The number of aryl methyl sites for hydroxylation is 2. The first-order valence-corrected chi connectivity index (χ1v) is 9.41. The number of anilines is 2. The molecule has 0 radical (unpaired) electrons. The van der Waals surface area contributed by atoms with Gasteiger partial charge in [-0.15, -0.1) is 0 Å². The third-order valence-corrected chi connectivity index (χ3v) is 4.94. The van der Waals surface area contributed by atoms with Crippen molar-refractivity contribution in [3.8, 4) is 0 Å². The molecule has 0 saturated carbocycles. The van der Waals surface area contributed by atoms with Gasteiger partial charge in [-0.25, -0.2) is 28.3 Å². The zero-order valence-corrected chi connectivity index (χ0v) is 18.1. The summed E-state index contributed by atoms with van der Waals surface area (Å²) in [7, 11) is 0. The Morgan fingerprint density at radius 1 is 1.26 bits per heavy atom. The highest BCUT2D eigenvalue weighted by Gasteiger charge is 2.27. The minimum atomic E-state index is -1.36. The van der Waals surface area contributed by atoms with Crippen LogP contribution < -0.4 is 33.8 Å². The molecule has 13 heteroatoms. The van der Waals surface area contributed by atoms with Crippen LogP contribution >= 0.6 is 11.6 Å². The van der Waals surface area contributed by atoms with Gasteiger partial charge in [-0.05, 0) is 13.8 Å². The van der Waals surface area contributed by atoms with E-state index in [1.54, 1.807) is 9.13 Å². The van der Waals surface area contributed by atoms with E-state index >= 15 is 0 Å². The average molecular weight is 472 g/mol. The Bertz CT molecular complexity index is 1180. The number of halogens is 3. The first kappa shape index (κ1) is 24.1. The van der Waals surface area contributed by atoms with Crippen molar-refractivity contribution < 1.29 is 36.1 Å². The molecule has 0 aliphatic rings. The summed E-state index contributed by atoms with van der Waals surface area (Å²) in [5.41, 5.74) is 11.7. The van der Waals surface area contributed by atoms with E-state index < -0.39 is 23.3 Å². The van der Waals surface area contributed by atoms with Gasteiger partial charge in [0.2, 0.25) is 0 Å². The number of carbonyl (C=O) groups is 2. The van der Waals surface area contributed by atoms with Gasteiger partial charge in [-0.3, -0.25) is 4.79 Å². The zero-order valence-electron chi connectivity index (χ0n) is 16.6. The first-order chi connectivity index (χ1) is 14.2. The van der Waals surface area contributed by atoms with Crippen LogP contribution in [0.1, 0.15) is 40.5 Å². The second-order valence-electron chi connectivity index (χ2n) is 6.35. The molecule has 2 aromatic heterocycles. The summed E-state index contributed by atoms with van der Waals surface area (Å²) in [6.45, 7) is 4.70. The summed E-state index contributed by atoms with van der Waals surface area (Å²) in [6, 6.07) is 2.47. The number of imidazole rings is 1. The predicted molar refractivity (Wildman–Crippen MR) is 107 cm³/mol. The van der Waals surface area contributed by atoms with Crippen LogP contribution in [0.15, 0.2) is 12.1 Å². The fraction of sp³-hybridized carbons (Fsp3) is 0.278. The van der Waals surface area contributed by atoms with Crippen LogP contribution in [-0.4, -0.2) is 31.5 Å². The molecule has 1 aromatic carbocycles. The normalized spacial score (nSPS) is 10.7. The summed E-state index contributed by atoms with van der Waals surface area (Å²) >= 11 is 5.83. The number of hydrogen-bond acceptors (Lipinski definition) is 6. The monoisotopic (exact) mass is 471 g/mol. The van der Waals surface area contributed by atoms with Crippen molar-refractivity contribution in [2.45, 2.75) is 33.5 Å². The van der Waals surface area contributed by atoms with Gasteiger partial charge in [0, 0.05) is 12.1 Å². The van der Waals surface area contributed by atoms with Gasteiger partial charge < -0.3 is 34.3 Å². The molecule has 0 aliphatic carbocycles. The number of hydrogen-bond donors (Lipinski definition) is 4. The van der Waals surface area contributed by atoms with Crippen LogP contribution in [0.3, 0.4) is 0 Å². The number of fused-ring (bicyclic) bond motifs is 1. The average Bonchev–Trinajstić information content (AvgIpc) is 2.99. The van der Waals surface area contributed by atoms with Gasteiger partial charge in [-0.2, -0.15) is 0 Å². The van der Waals surface area contributed by atoms with Crippen LogP contribution in [-0.2, 0) is 19.6 Å². The van der Waals surface area contributed by atoms with Gasteiger partial charge >= 0.3 is 5.97 Å². The van der Waals surface area contributed by atoms with E-state index in [4.69, 9.17) is 23.1 Å². The molecule has 3 aromatic rings. The van der Waals surface area contributed by atoms with E-state index in [2.05, 4.69) is 15.3 Å². The molecule has 166 valence electrons. The van der Waals surface area contributed by atoms with E-state index in [1.807, 2.05) is 13.8 Å². The van der Waals surface area contributed by atoms with Crippen molar-refractivity contribution in [1.29, 1.82) is 0 Å². The Kier molecular flexibility index (Phi) is 7.24. The molecule has 0 atom stereocenters. The Balaban J connectivity index is 0.00000341. The number of benzene rings is 1. The summed E-state index contributed by atoms with van der Waals surface area (Å²) in [4.78, 5) is 31.5. The summed E-state index contributed by atoms with van der Waals surface area (Å²) < 4.78 is 17.8. The largest absolute Gasteiger partial charge is 1.00 e. The van der Waals surface area contributed by atoms with Crippen molar-refractivity contribution in [3.63, 3.8) is 0 Å². The van der Waals surface area contributed by atoms with Crippen LogP contribution in [0.25, 0.3) is 11.0 Å². The number of carboxylic acid groups (broad SMARTS) is 1. The topological polar surface area (TPSA) is 153 Å².